The molecule has 1 heterocycles. The first kappa shape index (κ1) is 12.1. The van der Waals surface area contributed by atoms with Crippen LogP contribution in [0.1, 0.15) is 21.6 Å². The number of phenolic OH excluding ortho intramolecular Hbond substituents is 1. The Labute approximate surface area is 105 Å². The van der Waals surface area contributed by atoms with Gasteiger partial charge in [-0.05, 0) is 38.1 Å². The highest BCUT2D eigenvalue weighted by atomic mass is 16.3. The molecule has 4 heteroatoms. The molecule has 2 aromatic rings. The molecule has 0 aliphatic heterocycles. The van der Waals surface area contributed by atoms with Gasteiger partial charge in [0.1, 0.15) is 5.75 Å². The van der Waals surface area contributed by atoms with Crippen molar-refractivity contribution in [1.29, 1.82) is 0 Å². The molecule has 0 saturated heterocycles. The van der Waals surface area contributed by atoms with Gasteiger partial charge in [0.2, 0.25) is 0 Å². The number of nitrogens with one attached hydrogen (secondary N) is 1. The van der Waals surface area contributed by atoms with Gasteiger partial charge >= 0.3 is 0 Å². The zero-order valence-corrected chi connectivity index (χ0v) is 10.3. The van der Waals surface area contributed by atoms with Crippen LogP contribution in [0, 0.1) is 13.8 Å². The van der Waals surface area contributed by atoms with Gasteiger partial charge in [-0.2, -0.15) is 0 Å². The van der Waals surface area contributed by atoms with Crippen molar-refractivity contribution in [2.45, 2.75) is 13.8 Å². The van der Waals surface area contributed by atoms with E-state index in [0.29, 0.717) is 5.69 Å². The lowest BCUT2D eigenvalue weighted by molar-refractivity contribution is 0.102. The fourth-order valence-electron chi connectivity index (χ4n) is 1.57. The van der Waals surface area contributed by atoms with Crippen LogP contribution in [0.4, 0.5) is 5.69 Å². The molecule has 1 aromatic heterocycles. The summed E-state index contributed by atoms with van der Waals surface area (Å²) in [5.41, 5.74) is 2.66. The highest BCUT2D eigenvalue weighted by molar-refractivity contribution is 6.06. The molecular weight excluding hydrogens is 228 g/mol. The number of aromatic nitrogens is 1. The second-order valence-corrected chi connectivity index (χ2v) is 4.16. The Bertz CT molecular complexity index is 577. The average Bonchev–Trinajstić information content (AvgIpc) is 2.35. The van der Waals surface area contributed by atoms with Crippen molar-refractivity contribution < 1.29 is 9.90 Å². The first-order valence-electron chi connectivity index (χ1n) is 5.60. The van der Waals surface area contributed by atoms with Crippen LogP contribution < -0.4 is 5.32 Å². The lowest BCUT2D eigenvalue weighted by Crippen LogP contribution is -2.12. The molecule has 0 fully saturated rings. The average molecular weight is 242 g/mol. The van der Waals surface area contributed by atoms with Crippen molar-refractivity contribution in [2.75, 3.05) is 5.32 Å². The summed E-state index contributed by atoms with van der Waals surface area (Å²) >= 11 is 0. The number of pyridine rings is 1. The molecule has 18 heavy (non-hydrogen) atoms. The van der Waals surface area contributed by atoms with Gasteiger partial charge in [0.15, 0.2) is 0 Å². The Kier molecular flexibility index (Phi) is 3.28. The molecule has 1 aromatic carbocycles. The number of aryl methyl sites for hydroxylation is 2. The molecule has 0 bridgehead atoms. The molecule has 92 valence electrons. The lowest BCUT2D eigenvalue weighted by Gasteiger charge is -2.07. The normalized spacial score (nSPS) is 10.1. The van der Waals surface area contributed by atoms with Crippen LogP contribution in [0.2, 0.25) is 0 Å². The second-order valence-electron chi connectivity index (χ2n) is 4.16. The summed E-state index contributed by atoms with van der Waals surface area (Å²) in [6.07, 6.45) is 1.58. The monoisotopic (exact) mass is 242 g/mol. The molecule has 0 unspecified atom stereocenters. The molecular formula is C14H14N2O2. The van der Waals surface area contributed by atoms with Gasteiger partial charge in [0, 0.05) is 5.69 Å². The minimum atomic E-state index is -0.346. The number of carbonyl (C=O) groups excluding carboxylic acids is 1. The molecule has 0 radical (unpaired) electrons. The molecule has 0 aliphatic rings. The van der Waals surface area contributed by atoms with Crippen molar-refractivity contribution in [3.05, 3.63) is 53.3 Å². The number of carbonyl (C=O) groups is 1. The van der Waals surface area contributed by atoms with Gasteiger partial charge in [-0.1, -0.05) is 11.6 Å². The first-order valence-corrected chi connectivity index (χ1v) is 5.60. The van der Waals surface area contributed by atoms with Crippen LogP contribution in [0.15, 0.2) is 36.5 Å². The predicted molar refractivity (Wildman–Crippen MR) is 69.8 cm³/mol. The molecule has 4 nitrogen and oxygen atoms in total. The molecule has 2 rings (SSSR count). The zero-order chi connectivity index (χ0) is 13.1. The maximum atomic E-state index is 12.0. The highest BCUT2D eigenvalue weighted by Crippen LogP contribution is 2.19. The number of nitrogens with zero attached hydrogens (tertiary/aromatic N) is 1. The van der Waals surface area contributed by atoms with Gasteiger partial charge in [-0.3, -0.25) is 9.78 Å². The maximum Gasteiger partial charge on any atom is 0.259 e. The predicted octanol–water partition coefficient (Wildman–Crippen LogP) is 2.66. The Balaban J connectivity index is 2.21. The number of aromatic hydroxyl groups is 1. The number of hydrogen-bond donors (Lipinski definition) is 2. The molecule has 2 N–H and O–H groups in total. The van der Waals surface area contributed by atoms with E-state index in [4.69, 9.17) is 0 Å². The van der Waals surface area contributed by atoms with Crippen molar-refractivity contribution in [3.8, 4) is 5.75 Å². The summed E-state index contributed by atoms with van der Waals surface area (Å²) in [7, 11) is 0. The third-order valence-corrected chi connectivity index (χ3v) is 2.57. The van der Waals surface area contributed by atoms with Crippen LogP contribution >= 0.6 is 0 Å². The van der Waals surface area contributed by atoms with E-state index in [1.165, 1.54) is 6.07 Å². The minimum absolute atomic E-state index is 0.0295. The van der Waals surface area contributed by atoms with E-state index in [2.05, 4.69) is 10.3 Å². The summed E-state index contributed by atoms with van der Waals surface area (Å²) in [4.78, 5) is 16.1. The topological polar surface area (TPSA) is 62.2 Å². The third-order valence-electron chi connectivity index (χ3n) is 2.57. The maximum absolute atomic E-state index is 12.0. The summed E-state index contributed by atoms with van der Waals surface area (Å²) < 4.78 is 0. The number of hydrogen-bond acceptors (Lipinski definition) is 3. The number of amides is 1. The van der Waals surface area contributed by atoms with E-state index < -0.39 is 0 Å². The minimum Gasteiger partial charge on any atom is -0.507 e. The molecule has 0 spiro atoms. The van der Waals surface area contributed by atoms with Crippen LogP contribution in [0.5, 0.6) is 5.75 Å². The molecule has 0 saturated carbocycles. The number of benzene rings is 1. The van der Waals surface area contributed by atoms with Crippen molar-refractivity contribution in [1.82, 2.24) is 4.98 Å². The van der Waals surface area contributed by atoms with Crippen molar-refractivity contribution >= 4 is 11.6 Å². The van der Waals surface area contributed by atoms with Crippen LogP contribution in [0.3, 0.4) is 0 Å². The first-order chi connectivity index (χ1) is 8.56. The van der Waals surface area contributed by atoms with E-state index in [-0.39, 0.29) is 17.2 Å². The van der Waals surface area contributed by atoms with E-state index in [0.717, 1.165) is 11.3 Å². The second kappa shape index (κ2) is 4.87. The van der Waals surface area contributed by atoms with Gasteiger partial charge in [-0.15, -0.1) is 0 Å². The molecule has 0 atom stereocenters. The largest absolute Gasteiger partial charge is 0.507 e. The Morgan fingerprint density at radius 2 is 2.00 bits per heavy atom. The Morgan fingerprint density at radius 3 is 2.67 bits per heavy atom. The zero-order valence-electron chi connectivity index (χ0n) is 10.3. The number of rotatable bonds is 2. The van der Waals surface area contributed by atoms with Crippen molar-refractivity contribution in [2.24, 2.45) is 0 Å². The number of phenols is 1. The Morgan fingerprint density at radius 1 is 1.22 bits per heavy atom. The third kappa shape index (κ3) is 2.66. The van der Waals surface area contributed by atoms with Crippen LogP contribution in [-0.2, 0) is 0 Å². The SMILES string of the molecule is Cc1ccc(O)c(C(=O)Nc2ccc(C)nc2)c1. The number of anilines is 1. The van der Waals surface area contributed by atoms with E-state index >= 15 is 0 Å². The smallest absolute Gasteiger partial charge is 0.259 e. The molecule has 0 aliphatic carbocycles. The summed E-state index contributed by atoms with van der Waals surface area (Å²) in [5, 5.41) is 12.3. The quantitative estimate of drug-likeness (QED) is 0.851. The van der Waals surface area contributed by atoms with E-state index in [1.54, 1.807) is 24.4 Å². The standard InChI is InChI=1S/C14H14N2O2/c1-9-3-6-13(17)12(7-9)14(18)16-11-5-4-10(2)15-8-11/h3-8,17H,1-2H3,(H,16,18). The summed E-state index contributed by atoms with van der Waals surface area (Å²) in [6.45, 7) is 3.74. The van der Waals surface area contributed by atoms with E-state index in [1.807, 2.05) is 19.9 Å². The fraction of sp³-hybridized carbons (Fsp3) is 0.143. The van der Waals surface area contributed by atoms with Gasteiger partial charge in [-0.25, -0.2) is 0 Å². The van der Waals surface area contributed by atoms with Gasteiger partial charge in [0.05, 0.1) is 17.4 Å². The fourth-order valence-corrected chi connectivity index (χ4v) is 1.57. The van der Waals surface area contributed by atoms with Crippen LogP contribution in [0.25, 0.3) is 0 Å². The van der Waals surface area contributed by atoms with Gasteiger partial charge in [0.25, 0.3) is 5.91 Å². The lowest BCUT2D eigenvalue weighted by atomic mass is 10.1. The van der Waals surface area contributed by atoms with Crippen LogP contribution in [-0.4, -0.2) is 16.0 Å². The Hall–Kier alpha value is -2.36. The highest BCUT2D eigenvalue weighted by Gasteiger charge is 2.11. The van der Waals surface area contributed by atoms with Gasteiger partial charge < -0.3 is 10.4 Å². The van der Waals surface area contributed by atoms with Crippen molar-refractivity contribution in [3.63, 3.8) is 0 Å². The molecule has 1 amide bonds. The summed E-state index contributed by atoms with van der Waals surface area (Å²) in [5.74, 6) is -0.375. The summed E-state index contributed by atoms with van der Waals surface area (Å²) in [6, 6.07) is 8.49. The van der Waals surface area contributed by atoms with E-state index in [9.17, 15) is 9.90 Å².